The van der Waals surface area contributed by atoms with Crippen LogP contribution < -0.4 is 9.47 Å². The fraction of sp³-hybridized carbons (Fsp3) is 0.676. The van der Waals surface area contributed by atoms with E-state index in [0.717, 1.165) is 99.2 Å². The number of rotatable bonds is 12. The SMILES string of the molecule is Cc1cc(C2(c3cc(C)c(OCC(O)CN4CCOCC4)c(C)c3)CCCCCC2)cc(C)c1OCC(O)CN1CCOCC1. The maximum Gasteiger partial charge on any atom is 0.125 e. The van der Waals surface area contributed by atoms with Crippen molar-refractivity contribution in [2.24, 2.45) is 0 Å². The van der Waals surface area contributed by atoms with Gasteiger partial charge in [-0.15, -0.1) is 0 Å². The Kier molecular flexibility index (Phi) is 12.2. The van der Waals surface area contributed by atoms with Gasteiger partial charge >= 0.3 is 0 Å². The van der Waals surface area contributed by atoms with Gasteiger partial charge in [0.25, 0.3) is 0 Å². The Hall–Kier alpha value is -2.20. The highest BCUT2D eigenvalue weighted by Crippen LogP contribution is 2.47. The van der Waals surface area contributed by atoms with Crippen molar-refractivity contribution >= 4 is 0 Å². The van der Waals surface area contributed by atoms with Gasteiger partial charge in [-0.1, -0.05) is 49.9 Å². The number of β-amino-alcohol motifs (C(OH)–C–C–N with tert-alkyl or cyclic N) is 2. The molecule has 2 atom stereocenters. The van der Waals surface area contributed by atoms with Crippen LogP contribution in [0.5, 0.6) is 11.5 Å². The molecule has 1 saturated carbocycles. The third kappa shape index (κ3) is 8.79. The molecule has 1 aliphatic carbocycles. The van der Waals surface area contributed by atoms with Crippen LogP contribution in [0.1, 0.15) is 71.9 Å². The minimum atomic E-state index is -0.540. The lowest BCUT2D eigenvalue weighted by Gasteiger charge is -2.36. The molecule has 5 rings (SSSR count). The minimum absolute atomic E-state index is 0.0791. The smallest absolute Gasteiger partial charge is 0.125 e. The third-order valence-corrected chi connectivity index (χ3v) is 9.97. The number of hydrogen-bond acceptors (Lipinski definition) is 8. The topological polar surface area (TPSA) is 83.9 Å². The van der Waals surface area contributed by atoms with Crippen LogP contribution >= 0.6 is 0 Å². The lowest BCUT2D eigenvalue weighted by atomic mass is 9.68. The van der Waals surface area contributed by atoms with Crippen molar-refractivity contribution in [3.63, 3.8) is 0 Å². The quantitative estimate of drug-likeness (QED) is 0.329. The standard InChI is InChI=1S/C37H56N2O6/c1-27-19-31(20-28(2)35(27)44-25-33(40)23-38-11-15-42-16-12-38)37(9-7-5-6-8-10-37)32-21-29(3)36(30(4)22-32)45-26-34(41)24-39-13-17-43-18-14-39/h19-22,33-34,40-41H,5-18,23-26H2,1-4H3. The van der Waals surface area contributed by atoms with Crippen LogP contribution in [0.3, 0.4) is 0 Å². The molecule has 2 saturated heterocycles. The van der Waals surface area contributed by atoms with Gasteiger partial charge in [-0.25, -0.2) is 0 Å². The summed E-state index contributed by atoms with van der Waals surface area (Å²) < 4.78 is 23.4. The van der Waals surface area contributed by atoms with Crippen LogP contribution in [0.15, 0.2) is 24.3 Å². The van der Waals surface area contributed by atoms with Crippen molar-refractivity contribution in [3.8, 4) is 11.5 Å². The first kappa shape index (κ1) is 34.1. The maximum atomic E-state index is 10.7. The number of aryl methyl sites for hydroxylation is 4. The molecule has 45 heavy (non-hydrogen) atoms. The lowest BCUT2D eigenvalue weighted by molar-refractivity contribution is 0.00440. The zero-order valence-electron chi connectivity index (χ0n) is 28.1. The van der Waals surface area contributed by atoms with E-state index in [-0.39, 0.29) is 18.6 Å². The van der Waals surface area contributed by atoms with Crippen molar-refractivity contribution in [1.29, 1.82) is 0 Å². The second-order valence-electron chi connectivity index (χ2n) is 13.6. The largest absolute Gasteiger partial charge is 0.490 e. The molecule has 2 heterocycles. The van der Waals surface area contributed by atoms with Crippen LogP contribution in [-0.2, 0) is 14.9 Å². The lowest BCUT2D eigenvalue weighted by Crippen LogP contribution is -2.42. The number of aliphatic hydroxyl groups is 2. The number of ether oxygens (including phenoxy) is 4. The van der Waals surface area contributed by atoms with Gasteiger partial charge in [0.05, 0.1) is 26.4 Å². The van der Waals surface area contributed by atoms with Crippen LogP contribution in [0.2, 0.25) is 0 Å². The Labute approximate surface area is 270 Å². The van der Waals surface area contributed by atoms with Gasteiger partial charge in [0.1, 0.15) is 36.9 Å². The molecule has 3 fully saturated rings. The summed E-state index contributed by atoms with van der Waals surface area (Å²) in [5.41, 5.74) is 7.11. The minimum Gasteiger partial charge on any atom is -0.490 e. The fourth-order valence-electron chi connectivity index (χ4n) is 7.61. The van der Waals surface area contributed by atoms with E-state index in [9.17, 15) is 10.2 Å². The first-order chi connectivity index (χ1) is 21.7. The van der Waals surface area contributed by atoms with E-state index in [1.54, 1.807) is 0 Å². The summed E-state index contributed by atoms with van der Waals surface area (Å²) >= 11 is 0. The highest BCUT2D eigenvalue weighted by Gasteiger charge is 2.36. The van der Waals surface area contributed by atoms with Crippen molar-refractivity contribution < 1.29 is 29.2 Å². The summed E-state index contributed by atoms with van der Waals surface area (Å²) in [6, 6.07) is 9.33. The van der Waals surface area contributed by atoms with Crippen molar-refractivity contribution in [1.82, 2.24) is 9.80 Å². The van der Waals surface area contributed by atoms with Gasteiger partial charge < -0.3 is 29.2 Å². The summed E-state index contributed by atoms with van der Waals surface area (Å²) in [5, 5.41) is 21.4. The molecular formula is C37H56N2O6. The van der Waals surface area contributed by atoms with Crippen LogP contribution in [-0.4, -0.2) is 111 Å². The van der Waals surface area contributed by atoms with Crippen molar-refractivity contribution in [2.45, 2.75) is 83.8 Å². The number of morpholine rings is 2. The molecule has 2 aromatic carbocycles. The molecule has 0 radical (unpaired) electrons. The summed E-state index contributed by atoms with van der Waals surface area (Å²) in [6.45, 7) is 16.7. The Morgan fingerprint density at radius 1 is 0.622 bits per heavy atom. The summed E-state index contributed by atoms with van der Waals surface area (Å²) in [5.74, 6) is 1.77. The number of aliphatic hydroxyl groups excluding tert-OH is 2. The van der Waals surface area contributed by atoms with Gasteiger partial charge in [0, 0.05) is 44.7 Å². The van der Waals surface area contributed by atoms with Crippen LogP contribution in [0, 0.1) is 27.7 Å². The van der Waals surface area contributed by atoms with E-state index in [1.807, 2.05) is 0 Å². The second-order valence-corrected chi connectivity index (χ2v) is 13.6. The molecule has 0 spiro atoms. The van der Waals surface area contributed by atoms with E-state index >= 15 is 0 Å². The van der Waals surface area contributed by atoms with Gasteiger partial charge in [-0.3, -0.25) is 9.80 Å². The zero-order valence-corrected chi connectivity index (χ0v) is 28.1. The molecule has 8 nitrogen and oxygen atoms in total. The molecule has 8 heteroatoms. The van der Waals surface area contributed by atoms with Crippen LogP contribution in [0.4, 0.5) is 0 Å². The molecule has 3 aliphatic rings. The average Bonchev–Trinajstić information content (AvgIpc) is 3.28. The molecule has 250 valence electrons. The summed E-state index contributed by atoms with van der Waals surface area (Å²) in [4.78, 5) is 4.48. The predicted molar refractivity (Wildman–Crippen MR) is 178 cm³/mol. The van der Waals surface area contributed by atoms with Crippen LogP contribution in [0.25, 0.3) is 0 Å². The molecule has 2 unspecified atom stereocenters. The van der Waals surface area contributed by atoms with Crippen molar-refractivity contribution in [2.75, 3.05) is 78.9 Å². The molecule has 0 bridgehead atoms. The van der Waals surface area contributed by atoms with Gasteiger partial charge in [-0.05, 0) is 73.9 Å². The Morgan fingerprint density at radius 3 is 1.33 bits per heavy atom. The second kappa shape index (κ2) is 16.1. The summed E-state index contributed by atoms with van der Waals surface area (Å²) in [7, 11) is 0. The van der Waals surface area contributed by atoms with E-state index in [1.165, 1.54) is 36.8 Å². The first-order valence-electron chi connectivity index (χ1n) is 17.2. The average molecular weight is 625 g/mol. The Balaban J connectivity index is 1.32. The highest BCUT2D eigenvalue weighted by molar-refractivity contribution is 5.53. The molecule has 2 aliphatic heterocycles. The monoisotopic (exact) mass is 624 g/mol. The Bertz CT molecular complexity index is 1100. The van der Waals surface area contributed by atoms with E-state index < -0.39 is 12.2 Å². The predicted octanol–water partition coefficient (Wildman–Crippen LogP) is 4.70. The molecule has 2 N–H and O–H groups in total. The molecule has 0 amide bonds. The van der Waals surface area contributed by atoms with E-state index in [0.29, 0.717) is 13.1 Å². The maximum absolute atomic E-state index is 10.7. The molecular weight excluding hydrogens is 568 g/mol. The van der Waals surface area contributed by atoms with Gasteiger partial charge in [0.15, 0.2) is 0 Å². The normalized spacial score (nSPS) is 21.2. The van der Waals surface area contributed by atoms with Crippen molar-refractivity contribution in [3.05, 3.63) is 57.6 Å². The number of hydrogen-bond donors (Lipinski definition) is 2. The third-order valence-electron chi connectivity index (χ3n) is 9.97. The van der Waals surface area contributed by atoms with E-state index in [2.05, 4.69) is 61.8 Å². The number of nitrogens with zero attached hydrogens (tertiary/aromatic N) is 2. The first-order valence-corrected chi connectivity index (χ1v) is 17.2. The van der Waals surface area contributed by atoms with Gasteiger partial charge in [0.2, 0.25) is 0 Å². The van der Waals surface area contributed by atoms with E-state index in [4.69, 9.17) is 18.9 Å². The zero-order chi connectivity index (χ0) is 31.8. The highest BCUT2D eigenvalue weighted by atomic mass is 16.5. The summed E-state index contributed by atoms with van der Waals surface area (Å²) in [6.07, 6.45) is 6.08. The Morgan fingerprint density at radius 2 is 0.978 bits per heavy atom. The number of benzene rings is 2. The van der Waals surface area contributed by atoms with Gasteiger partial charge in [-0.2, -0.15) is 0 Å². The molecule has 0 aromatic heterocycles. The molecule has 2 aromatic rings. The fourth-order valence-corrected chi connectivity index (χ4v) is 7.61.